The van der Waals surface area contributed by atoms with Crippen molar-refractivity contribution in [1.29, 1.82) is 0 Å². The van der Waals surface area contributed by atoms with Crippen LogP contribution in [0.2, 0.25) is 0 Å². The summed E-state index contributed by atoms with van der Waals surface area (Å²) in [4.78, 5) is 16.0. The van der Waals surface area contributed by atoms with E-state index in [1.807, 2.05) is 115 Å². The van der Waals surface area contributed by atoms with Crippen molar-refractivity contribution in [2.45, 2.75) is 18.5 Å². The quantitative estimate of drug-likeness (QED) is 0.415. The van der Waals surface area contributed by atoms with Crippen LogP contribution in [0.15, 0.2) is 115 Å². The predicted molar refractivity (Wildman–Crippen MR) is 127 cm³/mol. The molecule has 5 rings (SSSR count). The number of fused-ring (bicyclic) bond motifs is 1. The number of benzene rings is 4. The highest BCUT2D eigenvalue weighted by molar-refractivity contribution is 6.09. The van der Waals surface area contributed by atoms with E-state index < -0.39 is 5.54 Å². The molecule has 0 aromatic heterocycles. The SMILES string of the molecule is O=C1N(Cc2ccccc2)c2ccccc2[C@]1(Cc1ccccc1)N(O)c1ccccc1. The van der Waals surface area contributed by atoms with Gasteiger partial charge in [0.1, 0.15) is 0 Å². The molecule has 0 fully saturated rings. The minimum Gasteiger partial charge on any atom is -0.305 e. The molecular weight excluding hydrogens is 396 g/mol. The second-order valence-electron chi connectivity index (χ2n) is 8.06. The molecule has 4 heteroatoms. The molecule has 1 atom stereocenters. The predicted octanol–water partition coefficient (Wildman–Crippen LogP) is 5.57. The van der Waals surface area contributed by atoms with E-state index in [2.05, 4.69) is 0 Å². The van der Waals surface area contributed by atoms with Crippen molar-refractivity contribution in [3.8, 4) is 0 Å². The van der Waals surface area contributed by atoms with Gasteiger partial charge in [0, 0.05) is 12.0 Å². The van der Waals surface area contributed by atoms with Crippen molar-refractivity contribution < 1.29 is 10.0 Å². The third-order valence-electron chi connectivity index (χ3n) is 6.09. The fraction of sp³-hybridized carbons (Fsp3) is 0.107. The van der Waals surface area contributed by atoms with Crippen molar-refractivity contribution in [1.82, 2.24) is 0 Å². The van der Waals surface area contributed by atoms with Crippen LogP contribution >= 0.6 is 0 Å². The molecule has 4 aromatic carbocycles. The third-order valence-corrected chi connectivity index (χ3v) is 6.09. The van der Waals surface area contributed by atoms with Crippen LogP contribution in [0.3, 0.4) is 0 Å². The summed E-state index contributed by atoms with van der Waals surface area (Å²) in [6.07, 6.45) is 0.348. The second kappa shape index (κ2) is 8.33. The average Bonchev–Trinajstić information content (AvgIpc) is 3.09. The molecule has 1 heterocycles. The Labute approximate surface area is 187 Å². The number of amides is 1. The van der Waals surface area contributed by atoms with Gasteiger partial charge >= 0.3 is 0 Å². The lowest BCUT2D eigenvalue weighted by Crippen LogP contribution is -2.53. The molecule has 0 spiro atoms. The van der Waals surface area contributed by atoms with Crippen molar-refractivity contribution in [2.24, 2.45) is 0 Å². The average molecular weight is 421 g/mol. The van der Waals surface area contributed by atoms with Gasteiger partial charge < -0.3 is 4.90 Å². The van der Waals surface area contributed by atoms with E-state index in [1.165, 1.54) is 0 Å². The number of anilines is 2. The van der Waals surface area contributed by atoms with Gasteiger partial charge in [-0.05, 0) is 29.3 Å². The van der Waals surface area contributed by atoms with Crippen molar-refractivity contribution >= 4 is 17.3 Å². The molecule has 0 radical (unpaired) electrons. The Morgan fingerprint density at radius 1 is 0.688 bits per heavy atom. The summed E-state index contributed by atoms with van der Waals surface area (Å²) in [6.45, 7) is 0.440. The lowest BCUT2D eigenvalue weighted by atomic mass is 9.84. The van der Waals surface area contributed by atoms with E-state index in [-0.39, 0.29) is 5.91 Å². The maximum Gasteiger partial charge on any atom is 0.260 e. The van der Waals surface area contributed by atoms with E-state index in [0.717, 1.165) is 27.4 Å². The molecule has 32 heavy (non-hydrogen) atoms. The Balaban J connectivity index is 1.67. The molecule has 1 amide bonds. The minimum atomic E-state index is -1.27. The standard InChI is InChI=1S/C28H24N2O2/c31-27-28(20-22-12-4-1-5-13-22,30(32)24-16-8-3-9-17-24)25-18-10-11-19-26(25)29(27)21-23-14-6-2-7-15-23/h1-19,32H,20-21H2/t28-/m0/s1. The number of nitrogens with zero attached hydrogens (tertiary/aromatic N) is 2. The van der Waals surface area contributed by atoms with Crippen molar-refractivity contribution in [2.75, 3.05) is 9.96 Å². The molecular formula is C28H24N2O2. The van der Waals surface area contributed by atoms with Crippen LogP contribution in [0.1, 0.15) is 16.7 Å². The maximum absolute atomic E-state index is 14.2. The van der Waals surface area contributed by atoms with Gasteiger partial charge in [0.05, 0.1) is 17.9 Å². The summed E-state index contributed by atoms with van der Waals surface area (Å²) in [5, 5.41) is 12.8. The fourth-order valence-corrected chi connectivity index (χ4v) is 4.56. The van der Waals surface area contributed by atoms with E-state index in [1.54, 1.807) is 4.90 Å². The first-order valence-electron chi connectivity index (χ1n) is 10.7. The zero-order valence-electron chi connectivity index (χ0n) is 17.6. The number of carbonyl (C=O) groups is 1. The van der Waals surface area contributed by atoms with Crippen LogP contribution < -0.4 is 9.96 Å². The highest BCUT2D eigenvalue weighted by Gasteiger charge is 2.55. The second-order valence-corrected chi connectivity index (χ2v) is 8.06. The van der Waals surface area contributed by atoms with Gasteiger partial charge in [-0.1, -0.05) is 97.1 Å². The summed E-state index contributed by atoms with van der Waals surface area (Å²) >= 11 is 0. The van der Waals surface area contributed by atoms with E-state index in [4.69, 9.17) is 0 Å². The Kier molecular flexibility index (Phi) is 5.21. The van der Waals surface area contributed by atoms with Crippen molar-refractivity contribution in [3.05, 3.63) is 132 Å². The van der Waals surface area contributed by atoms with Gasteiger partial charge in [0.2, 0.25) is 0 Å². The minimum absolute atomic E-state index is 0.141. The lowest BCUT2D eigenvalue weighted by Gasteiger charge is -2.37. The van der Waals surface area contributed by atoms with Gasteiger partial charge in [-0.25, -0.2) is 5.06 Å². The summed E-state index contributed by atoms with van der Waals surface area (Å²) < 4.78 is 0. The molecule has 1 aliphatic heterocycles. The Morgan fingerprint density at radius 2 is 1.22 bits per heavy atom. The van der Waals surface area contributed by atoms with Crippen LogP contribution in [0, 0.1) is 0 Å². The molecule has 0 unspecified atom stereocenters. The number of hydroxylamine groups is 1. The summed E-state index contributed by atoms with van der Waals surface area (Å²) in [5.74, 6) is -0.141. The Morgan fingerprint density at radius 3 is 1.88 bits per heavy atom. The molecule has 1 aliphatic rings. The largest absolute Gasteiger partial charge is 0.305 e. The van der Waals surface area contributed by atoms with Gasteiger partial charge in [-0.3, -0.25) is 10.0 Å². The summed E-state index contributed by atoms with van der Waals surface area (Å²) in [6, 6.07) is 36.8. The van der Waals surface area contributed by atoms with Gasteiger partial charge in [-0.15, -0.1) is 0 Å². The number of hydrogen-bond donors (Lipinski definition) is 1. The highest BCUT2D eigenvalue weighted by atomic mass is 16.5. The highest BCUT2D eigenvalue weighted by Crippen LogP contribution is 2.47. The molecule has 0 aliphatic carbocycles. The summed E-state index contributed by atoms with van der Waals surface area (Å²) in [7, 11) is 0. The summed E-state index contributed by atoms with van der Waals surface area (Å²) in [5.41, 5.74) is 2.95. The normalized spacial score (nSPS) is 17.3. The monoisotopic (exact) mass is 420 g/mol. The van der Waals surface area contributed by atoms with Crippen molar-refractivity contribution in [3.63, 3.8) is 0 Å². The fourth-order valence-electron chi connectivity index (χ4n) is 4.56. The van der Waals surface area contributed by atoms with E-state index >= 15 is 0 Å². The number of para-hydroxylation sites is 2. The molecule has 4 nitrogen and oxygen atoms in total. The number of hydrogen-bond acceptors (Lipinski definition) is 3. The number of rotatable bonds is 6. The number of carbonyl (C=O) groups excluding carboxylic acids is 1. The zero-order valence-corrected chi connectivity index (χ0v) is 17.6. The van der Waals surface area contributed by atoms with Gasteiger partial charge in [0.25, 0.3) is 5.91 Å². The van der Waals surface area contributed by atoms with Crippen LogP contribution in [-0.2, 0) is 23.3 Å². The van der Waals surface area contributed by atoms with Crippen LogP contribution in [0.4, 0.5) is 11.4 Å². The van der Waals surface area contributed by atoms with E-state index in [9.17, 15) is 10.0 Å². The molecule has 0 saturated heterocycles. The van der Waals surface area contributed by atoms with Crippen LogP contribution in [-0.4, -0.2) is 11.1 Å². The molecule has 0 bridgehead atoms. The van der Waals surface area contributed by atoms with Gasteiger partial charge in [-0.2, -0.15) is 0 Å². The lowest BCUT2D eigenvalue weighted by molar-refractivity contribution is -0.125. The first-order chi connectivity index (χ1) is 15.7. The molecule has 4 aromatic rings. The molecule has 1 N–H and O–H groups in total. The van der Waals surface area contributed by atoms with E-state index in [0.29, 0.717) is 18.7 Å². The molecule has 158 valence electrons. The Hall–Kier alpha value is -3.89. The maximum atomic E-state index is 14.2. The van der Waals surface area contributed by atoms with Crippen LogP contribution in [0.5, 0.6) is 0 Å². The first kappa shape index (κ1) is 20.0. The van der Waals surface area contributed by atoms with Gasteiger partial charge in [0.15, 0.2) is 5.54 Å². The first-order valence-corrected chi connectivity index (χ1v) is 10.7. The van der Waals surface area contributed by atoms with Crippen LogP contribution in [0.25, 0.3) is 0 Å². The molecule has 0 saturated carbocycles. The Bertz CT molecular complexity index is 1210. The zero-order chi connectivity index (χ0) is 22.0. The topological polar surface area (TPSA) is 43.8 Å². The smallest absolute Gasteiger partial charge is 0.260 e. The third kappa shape index (κ3) is 3.35.